The van der Waals surface area contributed by atoms with E-state index in [1.165, 1.54) is 42.6 Å². The number of benzene rings is 1. The minimum Gasteiger partial charge on any atom is -0.306 e. The second kappa shape index (κ2) is 8.43. The highest BCUT2D eigenvalue weighted by molar-refractivity contribution is 5.30. The Kier molecular flexibility index (Phi) is 7.25. The SMILES string of the molecule is CC.Cc1ccc(CN(C)C2CCN(C)CC2)c(C)c1. The van der Waals surface area contributed by atoms with Crippen molar-refractivity contribution in [2.24, 2.45) is 0 Å². The first kappa shape index (κ1) is 17.2. The zero-order valence-electron chi connectivity index (χ0n) is 14.2. The molecule has 0 amide bonds. The van der Waals surface area contributed by atoms with Crippen molar-refractivity contribution in [2.45, 2.75) is 53.1 Å². The maximum absolute atomic E-state index is 2.53. The number of rotatable bonds is 3. The number of aryl methyl sites for hydroxylation is 2. The van der Waals surface area contributed by atoms with Crippen molar-refractivity contribution in [1.82, 2.24) is 9.80 Å². The maximum Gasteiger partial charge on any atom is 0.0236 e. The normalized spacial score (nSPS) is 16.9. The van der Waals surface area contributed by atoms with Crippen LogP contribution >= 0.6 is 0 Å². The van der Waals surface area contributed by atoms with Crippen LogP contribution in [0, 0.1) is 13.8 Å². The van der Waals surface area contributed by atoms with Crippen molar-refractivity contribution in [2.75, 3.05) is 27.2 Å². The van der Waals surface area contributed by atoms with E-state index < -0.39 is 0 Å². The predicted molar refractivity (Wildman–Crippen MR) is 89.3 cm³/mol. The molecule has 0 bridgehead atoms. The quantitative estimate of drug-likeness (QED) is 0.827. The molecule has 0 N–H and O–H groups in total. The van der Waals surface area contributed by atoms with Gasteiger partial charge in [0.15, 0.2) is 0 Å². The molecule has 1 aliphatic rings. The second-order valence-electron chi connectivity index (χ2n) is 5.88. The molecule has 114 valence electrons. The molecule has 0 saturated carbocycles. The van der Waals surface area contributed by atoms with E-state index in [-0.39, 0.29) is 0 Å². The van der Waals surface area contributed by atoms with Crippen molar-refractivity contribution >= 4 is 0 Å². The summed E-state index contributed by atoms with van der Waals surface area (Å²) in [5, 5.41) is 0. The molecular weight excluding hydrogens is 244 g/mol. The fourth-order valence-electron chi connectivity index (χ4n) is 2.86. The molecule has 2 heteroatoms. The van der Waals surface area contributed by atoms with Crippen LogP contribution in [-0.4, -0.2) is 43.0 Å². The molecular formula is C18H32N2. The standard InChI is InChI=1S/C16H26N2.C2H6/c1-13-5-6-15(14(2)11-13)12-18(4)16-7-9-17(3)10-8-16;1-2/h5-6,11,16H,7-10,12H2,1-4H3;1-2H3. The molecule has 2 rings (SSSR count). The number of piperidine rings is 1. The van der Waals surface area contributed by atoms with E-state index in [0.717, 1.165) is 12.6 Å². The zero-order valence-corrected chi connectivity index (χ0v) is 14.2. The van der Waals surface area contributed by atoms with Crippen molar-refractivity contribution in [3.8, 4) is 0 Å². The summed E-state index contributed by atoms with van der Waals surface area (Å²) in [7, 11) is 4.50. The van der Waals surface area contributed by atoms with E-state index in [1.54, 1.807) is 0 Å². The molecule has 0 atom stereocenters. The van der Waals surface area contributed by atoms with Gasteiger partial charge in [0.1, 0.15) is 0 Å². The molecule has 1 heterocycles. The van der Waals surface area contributed by atoms with Gasteiger partial charge in [-0.3, -0.25) is 4.90 Å². The highest BCUT2D eigenvalue weighted by atomic mass is 15.2. The Morgan fingerprint density at radius 3 is 2.30 bits per heavy atom. The van der Waals surface area contributed by atoms with Crippen molar-refractivity contribution in [3.63, 3.8) is 0 Å². The molecule has 1 aliphatic heterocycles. The third-order valence-electron chi connectivity index (χ3n) is 4.23. The molecule has 1 fully saturated rings. The third kappa shape index (κ3) is 4.92. The van der Waals surface area contributed by atoms with Gasteiger partial charge in [0.2, 0.25) is 0 Å². The van der Waals surface area contributed by atoms with E-state index in [4.69, 9.17) is 0 Å². The Bertz CT molecular complexity index is 392. The van der Waals surface area contributed by atoms with Crippen LogP contribution in [0.15, 0.2) is 18.2 Å². The minimum atomic E-state index is 0.752. The number of hydrogen-bond acceptors (Lipinski definition) is 2. The number of hydrogen-bond donors (Lipinski definition) is 0. The predicted octanol–water partition coefficient (Wildman–Crippen LogP) is 3.86. The van der Waals surface area contributed by atoms with E-state index in [2.05, 4.69) is 55.9 Å². The van der Waals surface area contributed by atoms with Crippen LogP contribution in [0.4, 0.5) is 0 Å². The summed E-state index contributed by atoms with van der Waals surface area (Å²) < 4.78 is 0. The molecule has 20 heavy (non-hydrogen) atoms. The van der Waals surface area contributed by atoms with Crippen LogP contribution < -0.4 is 0 Å². The molecule has 1 aromatic carbocycles. The molecule has 0 aliphatic carbocycles. The van der Waals surface area contributed by atoms with Crippen LogP contribution in [0.1, 0.15) is 43.4 Å². The summed E-state index contributed by atoms with van der Waals surface area (Å²) >= 11 is 0. The fourth-order valence-corrected chi connectivity index (χ4v) is 2.86. The minimum absolute atomic E-state index is 0.752. The van der Waals surface area contributed by atoms with Gasteiger partial charge < -0.3 is 4.90 Å². The van der Waals surface area contributed by atoms with Gasteiger partial charge in [-0.1, -0.05) is 37.6 Å². The lowest BCUT2D eigenvalue weighted by Crippen LogP contribution is -2.41. The first-order valence-corrected chi connectivity index (χ1v) is 8.01. The first-order chi connectivity index (χ1) is 9.56. The van der Waals surface area contributed by atoms with Gasteiger partial charge in [0.25, 0.3) is 0 Å². The lowest BCUT2D eigenvalue weighted by molar-refractivity contribution is 0.139. The van der Waals surface area contributed by atoms with Gasteiger partial charge in [0.05, 0.1) is 0 Å². The molecule has 2 nitrogen and oxygen atoms in total. The highest BCUT2D eigenvalue weighted by Gasteiger charge is 2.20. The number of likely N-dealkylation sites (tertiary alicyclic amines) is 1. The third-order valence-corrected chi connectivity index (χ3v) is 4.23. The van der Waals surface area contributed by atoms with Gasteiger partial charge in [-0.15, -0.1) is 0 Å². The second-order valence-corrected chi connectivity index (χ2v) is 5.88. The van der Waals surface area contributed by atoms with E-state index in [1.807, 2.05) is 13.8 Å². The van der Waals surface area contributed by atoms with Crippen LogP contribution in [0.3, 0.4) is 0 Å². The van der Waals surface area contributed by atoms with E-state index in [9.17, 15) is 0 Å². The average Bonchev–Trinajstić information content (AvgIpc) is 2.45. The Hall–Kier alpha value is -0.860. The van der Waals surface area contributed by atoms with Crippen LogP contribution in [0.5, 0.6) is 0 Å². The molecule has 0 unspecified atom stereocenters. The largest absolute Gasteiger partial charge is 0.306 e. The Balaban J connectivity index is 0.000000956. The summed E-state index contributed by atoms with van der Waals surface area (Å²) in [6.07, 6.45) is 2.61. The topological polar surface area (TPSA) is 6.48 Å². The van der Waals surface area contributed by atoms with Gasteiger partial charge in [0, 0.05) is 12.6 Å². The summed E-state index contributed by atoms with van der Waals surface area (Å²) in [5.74, 6) is 0. The van der Waals surface area contributed by atoms with Gasteiger partial charge in [-0.2, -0.15) is 0 Å². The summed E-state index contributed by atoms with van der Waals surface area (Å²) in [6.45, 7) is 12.0. The highest BCUT2D eigenvalue weighted by Crippen LogP contribution is 2.18. The summed E-state index contributed by atoms with van der Waals surface area (Å²) in [5.41, 5.74) is 4.26. The molecule has 0 aromatic heterocycles. The lowest BCUT2D eigenvalue weighted by atomic mass is 10.0. The van der Waals surface area contributed by atoms with Gasteiger partial charge in [-0.25, -0.2) is 0 Å². The molecule has 1 saturated heterocycles. The van der Waals surface area contributed by atoms with Crippen molar-refractivity contribution in [1.29, 1.82) is 0 Å². The summed E-state index contributed by atoms with van der Waals surface area (Å²) in [6, 6.07) is 7.56. The van der Waals surface area contributed by atoms with Crippen molar-refractivity contribution < 1.29 is 0 Å². The van der Waals surface area contributed by atoms with E-state index >= 15 is 0 Å². The molecule has 0 spiro atoms. The molecule has 0 radical (unpaired) electrons. The molecule has 1 aromatic rings. The van der Waals surface area contributed by atoms with Gasteiger partial charge >= 0.3 is 0 Å². The first-order valence-electron chi connectivity index (χ1n) is 8.01. The monoisotopic (exact) mass is 276 g/mol. The lowest BCUT2D eigenvalue weighted by Gasteiger charge is -2.35. The number of nitrogens with zero attached hydrogens (tertiary/aromatic N) is 2. The van der Waals surface area contributed by atoms with E-state index in [0.29, 0.717) is 0 Å². The Morgan fingerprint density at radius 2 is 1.75 bits per heavy atom. The van der Waals surface area contributed by atoms with Crippen LogP contribution in [0.25, 0.3) is 0 Å². The Morgan fingerprint density at radius 1 is 1.15 bits per heavy atom. The van der Waals surface area contributed by atoms with Gasteiger partial charge in [-0.05, 0) is 65.0 Å². The maximum atomic E-state index is 2.53. The average molecular weight is 276 g/mol. The Labute approximate surface area is 125 Å². The van der Waals surface area contributed by atoms with Crippen molar-refractivity contribution in [3.05, 3.63) is 34.9 Å². The zero-order chi connectivity index (χ0) is 15.1. The fraction of sp³-hybridized carbons (Fsp3) is 0.667. The van der Waals surface area contributed by atoms with Crippen LogP contribution in [-0.2, 0) is 6.54 Å². The summed E-state index contributed by atoms with van der Waals surface area (Å²) in [4.78, 5) is 4.96. The van der Waals surface area contributed by atoms with Crippen LogP contribution in [0.2, 0.25) is 0 Å². The smallest absolute Gasteiger partial charge is 0.0236 e.